The lowest BCUT2D eigenvalue weighted by molar-refractivity contribution is -0.119. The molecule has 0 bridgehead atoms. The van der Waals surface area contributed by atoms with Gasteiger partial charge in [-0.15, -0.1) is 0 Å². The molecule has 10 rings (SSSR count). The number of nitrogens with one attached hydrogen (secondary N) is 1. The molecule has 0 spiro atoms. The fourth-order valence-electron chi connectivity index (χ4n) is 8.80. The lowest BCUT2D eigenvalue weighted by Crippen LogP contribution is -2.39. The van der Waals surface area contributed by atoms with E-state index in [1.54, 1.807) is 0 Å². The molecule has 6 aromatic rings. The Morgan fingerprint density at radius 2 is 1.18 bits per heavy atom. The number of carbonyl (C=O) groups is 2. The number of benzene rings is 2. The first-order chi connectivity index (χ1) is 31.6. The van der Waals surface area contributed by atoms with Gasteiger partial charge in [0.2, 0.25) is 11.2 Å². The highest BCUT2D eigenvalue weighted by Crippen LogP contribution is 2.40. The summed E-state index contributed by atoms with van der Waals surface area (Å²) in [5, 5.41) is 14.3. The number of aromatic nitrogens is 8. The number of rotatable bonds is 12. The highest BCUT2D eigenvalue weighted by atomic mass is 79.9. The highest BCUT2D eigenvalue weighted by molar-refractivity contribution is 9.10. The molecule has 2 unspecified atom stereocenters. The third kappa shape index (κ3) is 11.3. The van der Waals surface area contributed by atoms with Gasteiger partial charge in [-0.3, -0.25) is 28.8 Å². The molecule has 16 nitrogen and oxygen atoms in total. The number of ketones is 2. The molecule has 2 fully saturated rings. The lowest BCUT2D eigenvalue weighted by atomic mass is 9.95. The summed E-state index contributed by atoms with van der Waals surface area (Å²) in [6, 6.07) is 12.0. The normalized spacial score (nSPS) is 18.6. The predicted octanol–water partition coefficient (Wildman–Crippen LogP) is 6.19. The second kappa shape index (κ2) is 22.0. The lowest BCUT2D eigenvalue weighted by Gasteiger charge is -2.26. The van der Waals surface area contributed by atoms with Crippen LogP contribution in [0.15, 0.2) is 57.7 Å². The smallest absolute Gasteiger partial charge is 0.225 e. The third-order valence-electron chi connectivity index (χ3n) is 11.9. The Balaban J connectivity index is 0.000000153. The zero-order valence-corrected chi connectivity index (χ0v) is 40.7. The maximum atomic E-state index is 13.1. The first-order valence-corrected chi connectivity index (χ1v) is 24.4. The molecule has 2 aliphatic heterocycles. The number of hydrogen-bond donors (Lipinski definition) is 2. The number of carbonyl (C=O) groups excluding carboxylic acids is 2. The summed E-state index contributed by atoms with van der Waals surface area (Å²) >= 11 is 13.1. The quantitative estimate of drug-likeness (QED) is 0.132. The van der Waals surface area contributed by atoms with E-state index in [1.807, 2.05) is 58.2 Å². The van der Waals surface area contributed by atoms with Crippen molar-refractivity contribution >= 4 is 83.0 Å². The second-order valence-electron chi connectivity index (χ2n) is 16.5. The summed E-state index contributed by atoms with van der Waals surface area (Å²) in [7, 11) is 0. The van der Waals surface area contributed by atoms with Crippen LogP contribution in [0.25, 0.3) is 22.1 Å². The molecule has 3 N–H and O–H groups in total. The van der Waals surface area contributed by atoms with E-state index < -0.39 is 11.8 Å². The summed E-state index contributed by atoms with van der Waals surface area (Å²) in [6.45, 7) is 16.5. The molecule has 0 saturated carbocycles. The zero-order valence-electron chi connectivity index (χ0n) is 36.8. The maximum Gasteiger partial charge on any atom is 0.225 e. The number of halogens is 3. The zero-order chi connectivity index (χ0) is 45.5. The summed E-state index contributed by atoms with van der Waals surface area (Å²) < 4.78 is 16.2. The van der Waals surface area contributed by atoms with Crippen LogP contribution in [0.2, 0.25) is 5.28 Å². The van der Waals surface area contributed by atoms with Gasteiger partial charge in [0.25, 0.3) is 0 Å². The van der Waals surface area contributed by atoms with Crippen LogP contribution in [0.1, 0.15) is 72.2 Å². The van der Waals surface area contributed by atoms with E-state index >= 15 is 0 Å². The predicted molar refractivity (Wildman–Crippen MR) is 258 cm³/mol. The molecule has 0 amide bonds. The Bertz CT molecular complexity index is 2630. The molecule has 2 saturated heterocycles. The number of anilines is 1. The van der Waals surface area contributed by atoms with E-state index in [9.17, 15) is 9.59 Å². The Kier molecular flexibility index (Phi) is 16.0. The Morgan fingerprint density at radius 1 is 0.692 bits per heavy atom. The number of hydrogen-bond acceptors (Lipinski definition) is 14. The van der Waals surface area contributed by atoms with E-state index in [4.69, 9.17) is 31.8 Å². The molecule has 2 atom stereocenters. The van der Waals surface area contributed by atoms with Crippen molar-refractivity contribution in [1.29, 1.82) is 0 Å². The molecular weight excluding hydrogens is 980 g/mol. The van der Waals surface area contributed by atoms with Crippen molar-refractivity contribution in [2.24, 2.45) is 5.73 Å². The van der Waals surface area contributed by atoms with Crippen LogP contribution < -0.4 is 11.1 Å². The van der Waals surface area contributed by atoms with Crippen LogP contribution in [0.3, 0.4) is 0 Å². The van der Waals surface area contributed by atoms with Crippen molar-refractivity contribution in [3.05, 3.63) is 96.7 Å². The van der Waals surface area contributed by atoms with Gasteiger partial charge in [0.1, 0.15) is 0 Å². The molecule has 2 aromatic carbocycles. The number of ether oxygens (including phenoxy) is 2. The highest BCUT2D eigenvalue weighted by Gasteiger charge is 2.37. The summed E-state index contributed by atoms with van der Waals surface area (Å²) in [6.07, 6.45) is 6.67. The van der Waals surface area contributed by atoms with Gasteiger partial charge in [0.15, 0.2) is 22.9 Å². The van der Waals surface area contributed by atoms with Gasteiger partial charge < -0.3 is 20.5 Å². The Morgan fingerprint density at radius 3 is 1.69 bits per heavy atom. The van der Waals surface area contributed by atoms with E-state index in [1.165, 1.54) is 0 Å². The molecule has 344 valence electrons. The van der Waals surface area contributed by atoms with E-state index in [-0.39, 0.29) is 16.9 Å². The topological polar surface area (TPSA) is 184 Å². The number of Topliss-reactive ketones (excluding diaryl/α,β-unsaturated/α-hetero) is 2. The molecule has 19 heteroatoms. The van der Waals surface area contributed by atoms with Crippen molar-refractivity contribution in [2.75, 3.05) is 84.1 Å². The van der Waals surface area contributed by atoms with Gasteiger partial charge in [0, 0.05) is 99.6 Å². The Hall–Kier alpha value is -4.27. The van der Waals surface area contributed by atoms with Gasteiger partial charge >= 0.3 is 0 Å². The van der Waals surface area contributed by atoms with Crippen LogP contribution in [0.4, 0.5) is 5.95 Å². The molecule has 6 heterocycles. The minimum atomic E-state index is -0.417. The van der Waals surface area contributed by atoms with Crippen LogP contribution in [-0.2, 0) is 45.0 Å². The van der Waals surface area contributed by atoms with Gasteiger partial charge in [-0.25, -0.2) is 9.97 Å². The summed E-state index contributed by atoms with van der Waals surface area (Å²) in [5.41, 5.74) is 12.0. The molecular formula is C46H55Br2ClN12O4. The average Bonchev–Trinajstić information content (AvgIpc) is 4.06. The molecule has 65 heavy (non-hydrogen) atoms. The third-order valence-corrected chi connectivity index (χ3v) is 13.1. The van der Waals surface area contributed by atoms with Crippen molar-refractivity contribution in [3.63, 3.8) is 0 Å². The summed E-state index contributed by atoms with van der Waals surface area (Å²) in [5.74, 6) is 0.00798. The first kappa shape index (κ1) is 47.2. The Labute approximate surface area is 400 Å². The van der Waals surface area contributed by atoms with Gasteiger partial charge in [-0.2, -0.15) is 20.2 Å². The van der Waals surface area contributed by atoms with E-state index in [0.29, 0.717) is 35.8 Å². The minimum absolute atomic E-state index is 0.121. The molecule has 0 radical (unpaired) electrons. The standard InChI is InChI=1S/C23H27BrN6O2.C17H14BrClN4O.C6H14N2O/c1-2-6-30-14-18-21(20-17-13-16(24)4-3-15(17)12-19(20)31)26-23(27-22(18)28-30)25-5-7-29-8-10-32-11-9-29;1-2-5-23-8-12-15(20-17(19)21-16(12)22-23)14-11-7-10(18)4-3-9(11)6-13(14)24;7-1-2-8-3-5-9-6-4-8/h3-4,13-14,20H,2,5-12H2,1H3,(H,25,27,28);3-4,7-8,14H,2,5-6H2,1H3;1-7H2. The van der Waals surface area contributed by atoms with Crippen molar-refractivity contribution in [2.45, 2.75) is 64.5 Å². The van der Waals surface area contributed by atoms with Gasteiger partial charge in [0.05, 0.1) is 60.4 Å². The number of fused-ring (bicyclic) bond motifs is 4. The van der Waals surface area contributed by atoms with Crippen molar-refractivity contribution < 1.29 is 19.1 Å². The minimum Gasteiger partial charge on any atom is -0.379 e. The average molecular weight is 1040 g/mol. The molecule has 4 aromatic heterocycles. The van der Waals surface area contributed by atoms with Crippen molar-refractivity contribution in [3.8, 4) is 0 Å². The van der Waals surface area contributed by atoms with Gasteiger partial charge in [-0.05, 0) is 71.0 Å². The van der Waals surface area contributed by atoms with Crippen LogP contribution in [0.5, 0.6) is 0 Å². The number of morpholine rings is 2. The monoisotopic (exact) mass is 1030 g/mol. The fraction of sp³-hybridized carbons (Fsp3) is 0.478. The van der Waals surface area contributed by atoms with Crippen LogP contribution >= 0.6 is 43.5 Å². The van der Waals surface area contributed by atoms with E-state index in [0.717, 1.165) is 152 Å². The molecule has 4 aliphatic rings. The van der Waals surface area contributed by atoms with Crippen LogP contribution in [0, 0.1) is 0 Å². The SMILES string of the molecule is CCCn1cc2c(C3C(=O)Cc4ccc(Br)cc43)nc(Cl)nc2n1.CCCn1cc2c(C3C(=O)Cc4ccc(Br)cc43)nc(NCCN3CCOCC3)nc2n1.NCCN1CCOCC1. The number of aryl methyl sites for hydroxylation is 2. The second-order valence-corrected chi connectivity index (χ2v) is 18.7. The van der Waals surface area contributed by atoms with E-state index in [2.05, 4.69) is 86.0 Å². The van der Waals surface area contributed by atoms with Crippen molar-refractivity contribution in [1.82, 2.24) is 49.3 Å². The van der Waals surface area contributed by atoms with Gasteiger partial charge in [-0.1, -0.05) is 57.8 Å². The summed E-state index contributed by atoms with van der Waals surface area (Å²) in [4.78, 5) is 48.6. The number of nitrogens with zero attached hydrogens (tertiary/aromatic N) is 10. The van der Waals surface area contributed by atoms with Crippen LogP contribution in [-0.4, -0.2) is 140 Å². The largest absolute Gasteiger partial charge is 0.379 e. The fourth-order valence-corrected chi connectivity index (χ4v) is 9.73. The number of nitrogens with two attached hydrogens (primary N) is 1. The maximum absolute atomic E-state index is 13.1. The molecule has 2 aliphatic carbocycles. The first-order valence-electron chi connectivity index (χ1n) is 22.4.